The highest BCUT2D eigenvalue weighted by atomic mass is 16.5. The van der Waals surface area contributed by atoms with Crippen LogP contribution in [0.25, 0.3) is 0 Å². The summed E-state index contributed by atoms with van der Waals surface area (Å²) in [6.07, 6.45) is -0.166. The van der Waals surface area contributed by atoms with Crippen molar-refractivity contribution in [3.8, 4) is 0 Å². The van der Waals surface area contributed by atoms with E-state index in [-0.39, 0.29) is 18.8 Å². The Morgan fingerprint density at radius 3 is 2.58 bits per heavy atom. The highest BCUT2D eigenvalue weighted by Crippen LogP contribution is 2.15. The lowest BCUT2D eigenvalue weighted by Gasteiger charge is -2.20. The molecular weight excluding hydrogens is 246 g/mol. The number of nitrogens with zero attached hydrogens (tertiary/aromatic N) is 3. The minimum Gasteiger partial charge on any atom is -0.395 e. The SMILES string of the molecule is CC(C)COC(C)c1noc(CN(C)C(C)CO)n1. The first-order valence-electron chi connectivity index (χ1n) is 6.69. The Bertz CT molecular complexity index is 368. The fourth-order valence-corrected chi connectivity index (χ4v) is 1.42. The van der Waals surface area contributed by atoms with Crippen molar-refractivity contribution in [1.82, 2.24) is 15.0 Å². The summed E-state index contributed by atoms with van der Waals surface area (Å²) in [4.78, 5) is 6.27. The lowest BCUT2D eigenvalue weighted by Crippen LogP contribution is -2.31. The summed E-state index contributed by atoms with van der Waals surface area (Å²) < 4.78 is 10.8. The van der Waals surface area contributed by atoms with Crippen molar-refractivity contribution in [2.24, 2.45) is 5.92 Å². The van der Waals surface area contributed by atoms with Gasteiger partial charge in [-0.15, -0.1) is 0 Å². The molecule has 0 aliphatic heterocycles. The molecule has 1 aromatic rings. The molecule has 2 atom stereocenters. The molecule has 0 amide bonds. The van der Waals surface area contributed by atoms with Gasteiger partial charge in [-0.3, -0.25) is 4.90 Å². The second kappa shape index (κ2) is 7.57. The molecule has 0 aliphatic carbocycles. The van der Waals surface area contributed by atoms with E-state index in [1.807, 2.05) is 25.8 Å². The number of likely N-dealkylation sites (N-methyl/N-ethyl adjacent to an activating group) is 1. The Morgan fingerprint density at radius 1 is 1.32 bits per heavy atom. The number of hydrogen-bond donors (Lipinski definition) is 1. The Kier molecular flexibility index (Phi) is 6.41. The van der Waals surface area contributed by atoms with Crippen molar-refractivity contribution in [3.05, 3.63) is 11.7 Å². The van der Waals surface area contributed by atoms with E-state index in [0.29, 0.717) is 30.8 Å². The number of aliphatic hydroxyl groups excluding tert-OH is 1. The van der Waals surface area contributed by atoms with Gasteiger partial charge in [0.2, 0.25) is 5.89 Å². The molecule has 19 heavy (non-hydrogen) atoms. The molecule has 1 rings (SSSR count). The van der Waals surface area contributed by atoms with E-state index in [2.05, 4.69) is 24.0 Å². The van der Waals surface area contributed by atoms with Gasteiger partial charge in [0.05, 0.1) is 13.2 Å². The van der Waals surface area contributed by atoms with Crippen LogP contribution in [0.3, 0.4) is 0 Å². The van der Waals surface area contributed by atoms with Crippen molar-refractivity contribution < 1.29 is 14.4 Å². The first kappa shape index (κ1) is 16.1. The molecule has 0 radical (unpaired) electrons. The molecule has 1 heterocycles. The summed E-state index contributed by atoms with van der Waals surface area (Å²) in [5.74, 6) is 1.59. The Hall–Kier alpha value is -0.980. The monoisotopic (exact) mass is 271 g/mol. The number of aromatic nitrogens is 2. The summed E-state index contributed by atoms with van der Waals surface area (Å²) in [6, 6.07) is 0.0602. The zero-order chi connectivity index (χ0) is 14.4. The molecule has 0 bridgehead atoms. The van der Waals surface area contributed by atoms with Crippen LogP contribution in [0, 0.1) is 5.92 Å². The molecule has 0 saturated carbocycles. The van der Waals surface area contributed by atoms with Gasteiger partial charge < -0.3 is 14.4 Å². The third-order valence-electron chi connectivity index (χ3n) is 2.93. The summed E-state index contributed by atoms with van der Waals surface area (Å²) >= 11 is 0. The van der Waals surface area contributed by atoms with Gasteiger partial charge in [-0.05, 0) is 26.8 Å². The van der Waals surface area contributed by atoms with Crippen molar-refractivity contribution in [2.45, 2.75) is 46.4 Å². The van der Waals surface area contributed by atoms with E-state index in [4.69, 9.17) is 14.4 Å². The van der Waals surface area contributed by atoms with Gasteiger partial charge >= 0.3 is 0 Å². The first-order valence-corrected chi connectivity index (χ1v) is 6.69. The standard InChI is InChI=1S/C13H25N3O3/c1-9(2)8-18-11(4)13-14-12(19-15-13)6-16(5)10(3)7-17/h9-11,17H,6-8H2,1-5H3. The molecule has 110 valence electrons. The van der Waals surface area contributed by atoms with Gasteiger partial charge in [0.1, 0.15) is 6.10 Å². The van der Waals surface area contributed by atoms with E-state index in [1.54, 1.807) is 0 Å². The molecule has 0 aromatic carbocycles. The lowest BCUT2D eigenvalue weighted by atomic mass is 10.2. The maximum absolute atomic E-state index is 9.07. The fourth-order valence-electron chi connectivity index (χ4n) is 1.42. The number of rotatable bonds is 8. The Labute approximate surface area is 114 Å². The fraction of sp³-hybridized carbons (Fsp3) is 0.846. The van der Waals surface area contributed by atoms with Crippen molar-refractivity contribution in [3.63, 3.8) is 0 Å². The predicted octanol–water partition coefficient (Wildman–Crippen LogP) is 1.62. The molecule has 0 aliphatic rings. The average molecular weight is 271 g/mol. The Balaban J connectivity index is 2.52. The quantitative estimate of drug-likeness (QED) is 0.774. The van der Waals surface area contributed by atoms with E-state index in [9.17, 15) is 0 Å². The Morgan fingerprint density at radius 2 is 2.00 bits per heavy atom. The molecule has 0 saturated heterocycles. The number of hydrogen-bond acceptors (Lipinski definition) is 6. The van der Waals surface area contributed by atoms with E-state index >= 15 is 0 Å². The van der Waals surface area contributed by atoms with Crippen LogP contribution in [0.4, 0.5) is 0 Å². The molecule has 1 aromatic heterocycles. The van der Waals surface area contributed by atoms with Crippen LogP contribution in [0.5, 0.6) is 0 Å². The van der Waals surface area contributed by atoms with Crippen LogP contribution in [0.15, 0.2) is 4.52 Å². The third-order valence-corrected chi connectivity index (χ3v) is 2.93. The van der Waals surface area contributed by atoms with Crippen molar-refractivity contribution >= 4 is 0 Å². The molecular formula is C13H25N3O3. The summed E-state index contributed by atoms with van der Waals surface area (Å²) in [7, 11) is 1.91. The van der Waals surface area contributed by atoms with E-state index in [0.717, 1.165) is 0 Å². The van der Waals surface area contributed by atoms with Gasteiger partial charge in [0.25, 0.3) is 0 Å². The van der Waals surface area contributed by atoms with E-state index < -0.39 is 0 Å². The second-order valence-corrected chi connectivity index (χ2v) is 5.36. The molecule has 1 N–H and O–H groups in total. The zero-order valence-electron chi connectivity index (χ0n) is 12.5. The first-order chi connectivity index (χ1) is 8.93. The molecule has 6 heteroatoms. The van der Waals surface area contributed by atoms with Gasteiger partial charge in [0.15, 0.2) is 5.82 Å². The highest BCUT2D eigenvalue weighted by Gasteiger charge is 2.17. The minimum atomic E-state index is -0.166. The van der Waals surface area contributed by atoms with Crippen LogP contribution in [-0.4, -0.2) is 46.5 Å². The van der Waals surface area contributed by atoms with Crippen LogP contribution in [0.1, 0.15) is 45.5 Å². The maximum Gasteiger partial charge on any atom is 0.240 e. The number of ether oxygens (including phenoxy) is 1. The molecule has 0 spiro atoms. The lowest BCUT2D eigenvalue weighted by molar-refractivity contribution is 0.0402. The van der Waals surface area contributed by atoms with E-state index in [1.165, 1.54) is 0 Å². The van der Waals surface area contributed by atoms with Crippen molar-refractivity contribution in [1.29, 1.82) is 0 Å². The maximum atomic E-state index is 9.07. The molecule has 0 fully saturated rings. The highest BCUT2D eigenvalue weighted by molar-refractivity contribution is 4.90. The smallest absolute Gasteiger partial charge is 0.240 e. The zero-order valence-corrected chi connectivity index (χ0v) is 12.5. The summed E-state index contributed by atoms with van der Waals surface area (Å²) in [5, 5.41) is 13.0. The summed E-state index contributed by atoms with van der Waals surface area (Å²) in [5.41, 5.74) is 0. The molecule has 6 nitrogen and oxygen atoms in total. The largest absolute Gasteiger partial charge is 0.395 e. The van der Waals surface area contributed by atoms with Crippen LogP contribution in [0.2, 0.25) is 0 Å². The van der Waals surface area contributed by atoms with Gasteiger partial charge in [0, 0.05) is 12.6 Å². The van der Waals surface area contributed by atoms with Crippen molar-refractivity contribution in [2.75, 3.05) is 20.3 Å². The average Bonchev–Trinajstić information content (AvgIpc) is 2.83. The normalized spacial score (nSPS) is 15.2. The van der Waals surface area contributed by atoms with Gasteiger partial charge in [-0.2, -0.15) is 4.98 Å². The second-order valence-electron chi connectivity index (χ2n) is 5.36. The van der Waals surface area contributed by atoms with Gasteiger partial charge in [-0.1, -0.05) is 19.0 Å². The van der Waals surface area contributed by atoms with Gasteiger partial charge in [-0.25, -0.2) is 0 Å². The predicted molar refractivity (Wildman–Crippen MR) is 71.5 cm³/mol. The number of aliphatic hydroxyl groups is 1. The van der Waals surface area contributed by atoms with Crippen LogP contribution >= 0.6 is 0 Å². The topological polar surface area (TPSA) is 71.6 Å². The third kappa shape index (κ3) is 5.26. The minimum absolute atomic E-state index is 0.0602. The van der Waals surface area contributed by atoms with Crippen LogP contribution < -0.4 is 0 Å². The molecule has 2 unspecified atom stereocenters. The summed E-state index contributed by atoms with van der Waals surface area (Å²) in [6.45, 7) is 9.34. The van der Waals surface area contributed by atoms with Crippen LogP contribution in [-0.2, 0) is 11.3 Å².